The van der Waals surface area contributed by atoms with Crippen molar-refractivity contribution in [1.82, 2.24) is 0 Å². The largest absolute Gasteiger partial charge is 0.495 e. The van der Waals surface area contributed by atoms with E-state index in [0.29, 0.717) is 23.7 Å². The fraction of sp³-hybridized carbons (Fsp3) is 0.767. The van der Waals surface area contributed by atoms with Gasteiger partial charge in [-0.15, -0.1) is 0 Å². The molecule has 1 aromatic rings. The van der Waals surface area contributed by atoms with E-state index in [2.05, 4.69) is 13.0 Å². The van der Waals surface area contributed by atoms with Crippen LogP contribution in [-0.4, -0.2) is 43.8 Å². The number of nitrogens with zero attached hydrogens (tertiary/aromatic N) is 1. The number of hydrogen-bond donors (Lipinski definition) is 2. The lowest BCUT2D eigenvalue weighted by Gasteiger charge is -2.20. The molecule has 0 saturated carbocycles. The van der Waals surface area contributed by atoms with Gasteiger partial charge in [0.25, 0.3) is 0 Å². The van der Waals surface area contributed by atoms with Crippen LogP contribution in [0.15, 0.2) is 12.1 Å². The van der Waals surface area contributed by atoms with Gasteiger partial charge in [-0.05, 0) is 24.1 Å². The van der Waals surface area contributed by atoms with E-state index in [1.54, 1.807) is 12.1 Å². The van der Waals surface area contributed by atoms with Crippen LogP contribution in [0.3, 0.4) is 0 Å². The van der Waals surface area contributed by atoms with Crippen LogP contribution in [0.1, 0.15) is 127 Å². The van der Waals surface area contributed by atoms with Crippen LogP contribution in [0.4, 0.5) is 0 Å². The number of phosphoric acid groups is 1. The Morgan fingerprint density at radius 2 is 1.21 bits per heavy atom. The SMILES string of the molecule is CCCCCCCCCCCCCCCCCCOC[C@H](COP(=O)(O)O)c1cc(OC)c(C#N)c(OC)c1. The molecule has 0 radical (unpaired) electrons. The average Bonchev–Trinajstić information content (AvgIpc) is 2.92. The predicted molar refractivity (Wildman–Crippen MR) is 155 cm³/mol. The molecule has 224 valence electrons. The highest BCUT2D eigenvalue weighted by atomic mass is 31.2. The Kier molecular flexibility index (Phi) is 20.1. The number of methoxy groups -OCH3 is 2. The van der Waals surface area contributed by atoms with Crippen LogP contribution in [0.2, 0.25) is 0 Å². The zero-order valence-electron chi connectivity index (χ0n) is 24.5. The molecule has 9 heteroatoms. The Morgan fingerprint density at radius 1 is 0.769 bits per heavy atom. The standard InChI is InChI=1S/C30H52NO7P/c1-4-5-6-7-8-9-10-11-12-13-14-15-16-17-18-19-20-37-24-27(25-38-39(32,33)34)26-21-29(35-2)28(23-31)30(22-26)36-3/h21-22,27H,4-20,24-25H2,1-3H3,(H2,32,33,34)/t27-/m1/s1. The molecule has 39 heavy (non-hydrogen) atoms. The van der Waals surface area contributed by atoms with Gasteiger partial charge < -0.3 is 24.0 Å². The van der Waals surface area contributed by atoms with E-state index in [1.807, 2.05) is 0 Å². The van der Waals surface area contributed by atoms with Gasteiger partial charge in [0, 0.05) is 12.5 Å². The minimum absolute atomic E-state index is 0.219. The van der Waals surface area contributed by atoms with Crippen molar-refractivity contribution in [3.8, 4) is 17.6 Å². The molecule has 0 unspecified atom stereocenters. The fourth-order valence-electron chi connectivity index (χ4n) is 4.68. The van der Waals surface area contributed by atoms with Crippen LogP contribution in [0.5, 0.6) is 11.5 Å². The summed E-state index contributed by atoms with van der Waals surface area (Å²) in [5.41, 5.74) is 0.913. The second kappa shape index (κ2) is 22.1. The van der Waals surface area contributed by atoms with E-state index < -0.39 is 13.7 Å². The first-order valence-electron chi connectivity index (χ1n) is 14.8. The summed E-state index contributed by atoms with van der Waals surface area (Å²) in [6.45, 7) is 2.81. The Balaban J connectivity index is 2.27. The summed E-state index contributed by atoms with van der Waals surface area (Å²) in [4.78, 5) is 18.4. The van der Waals surface area contributed by atoms with Crippen LogP contribution in [0.25, 0.3) is 0 Å². The van der Waals surface area contributed by atoms with Gasteiger partial charge in [-0.3, -0.25) is 4.52 Å². The number of hydrogen-bond acceptors (Lipinski definition) is 6. The van der Waals surface area contributed by atoms with E-state index in [9.17, 15) is 19.6 Å². The highest BCUT2D eigenvalue weighted by Gasteiger charge is 2.23. The van der Waals surface area contributed by atoms with Crippen molar-refractivity contribution in [2.45, 2.75) is 116 Å². The molecule has 1 atom stereocenters. The van der Waals surface area contributed by atoms with E-state index in [-0.39, 0.29) is 18.8 Å². The maximum absolute atomic E-state index is 11.3. The summed E-state index contributed by atoms with van der Waals surface area (Å²) in [6.07, 6.45) is 20.9. The first kappa shape index (κ1) is 35.4. The van der Waals surface area contributed by atoms with Crippen molar-refractivity contribution in [1.29, 1.82) is 5.26 Å². The molecule has 0 heterocycles. The van der Waals surface area contributed by atoms with Crippen LogP contribution in [0, 0.1) is 11.3 Å². The topological polar surface area (TPSA) is 118 Å². The maximum Gasteiger partial charge on any atom is 0.469 e. The molecule has 0 aromatic heterocycles. The molecular weight excluding hydrogens is 517 g/mol. The van der Waals surface area contributed by atoms with Gasteiger partial charge in [0.05, 0.1) is 27.4 Å². The number of rotatable bonds is 25. The third-order valence-corrected chi connectivity index (χ3v) is 7.50. The van der Waals surface area contributed by atoms with Gasteiger partial charge in [-0.2, -0.15) is 5.26 Å². The number of phosphoric ester groups is 1. The quantitative estimate of drug-likeness (QED) is 0.0897. The van der Waals surface area contributed by atoms with E-state index in [4.69, 9.17) is 18.7 Å². The number of benzene rings is 1. The predicted octanol–water partition coefficient (Wildman–Crippen LogP) is 8.05. The summed E-state index contributed by atoms with van der Waals surface area (Å²) in [5.74, 6) is 0.186. The van der Waals surface area contributed by atoms with Gasteiger partial charge in [-0.25, -0.2) is 4.57 Å². The maximum atomic E-state index is 11.3. The van der Waals surface area contributed by atoms with E-state index >= 15 is 0 Å². The summed E-state index contributed by atoms with van der Waals surface area (Å²) >= 11 is 0. The third kappa shape index (κ3) is 16.9. The summed E-state index contributed by atoms with van der Waals surface area (Å²) < 4.78 is 32.6. The van der Waals surface area contributed by atoms with Crippen molar-refractivity contribution < 1.29 is 33.1 Å². The summed E-state index contributed by atoms with van der Waals surface area (Å²) in [7, 11) is -1.74. The molecule has 0 spiro atoms. The smallest absolute Gasteiger partial charge is 0.469 e. The van der Waals surface area contributed by atoms with E-state index in [1.165, 1.54) is 104 Å². The minimum atomic E-state index is -4.64. The Morgan fingerprint density at radius 3 is 1.59 bits per heavy atom. The molecule has 0 aliphatic carbocycles. The average molecular weight is 570 g/mol. The van der Waals surface area contributed by atoms with Crippen molar-refractivity contribution in [2.24, 2.45) is 0 Å². The van der Waals surface area contributed by atoms with Gasteiger partial charge in [0.1, 0.15) is 23.1 Å². The first-order chi connectivity index (χ1) is 18.9. The molecule has 0 saturated heterocycles. The van der Waals surface area contributed by atoms with Gasteiger partial charge in [-0.1, -0.05) is 103 Å². The van der Waals surface area contributed by atoms with E-state index in [0.717, 1.165) is 12.8 Å². The lowest BCUT2D eigenvalue weighted by atomic mass is 9.98. The van der Waals surface area contributed by atoms with Gasteiger partial charge >= 0.3 is 7.82 Å². The van der Waals surface area contributed by atoms with Crippen LogP contribution in [-0.2, 0) is 13.8 Å². The summed E-state index contributed by atoms with van der Waals surface area (Å²) in [5, 5.41) is 9.41. The fourth-order valence-corrected chi connectivity index (χ4v) is 5.06. The molecule has 0 aliphatic rings. The molecule has 0 bridgehead atoms. The molecule has 0 amide bonds. The Hall–Kier alpha value is -1.62. The Bertz CT molecular complexity index is 827. The van der Waals surface area contributed by atoms with Crippen molar-refractivity contribution >= 4 is 7.82 Å². The van der Waals surface area contributed by atoms with Gasteiger partial charge in [0.2, 0.25) is 0 Å². The molecular formula is C30H52NO7P. The van der Waals surface area contributed by atoms with Gasteiger partial charge in [0.15, 0.2) is 0 Å². The molecule has 2 N–H and O–H groups in total. The highest BCUT2D eigenvalue weighted by molar-refractivity contribution is 7.46. The molecule has 0 aliphatic heterocycles. The molecule has 1 rings (SSSR count). The monoisotopic (exact) mass is 569 g/mol. The number of nitriles is 1. The first-order valence-corrected chi connectivity index (χ1v) is 16.3. The minimum Gasteiger partial charge on any atom is -0.495 e. The summed E-state index contributed by atoms with van der Waals surface area (Å²) in [6, 6.07) is 5.38. The van der Waals surface area contributed by atoms with Crippen molar-refractivity contribution in [3.05, 3.63) is 23.3 Å². The van der Waals surface area contributed by atoms with Crippen molar-refractivity contribution in [2.75, 3.05) is 34.0 Å². The van der Waals surface area contributed by atoms with Crippen molar-refractivity contribution in [3.63, 3.8) is 0 Å². The number of unbranched alkanes of at least 4 members (excludes halogenated alkanes) is 15. The zero-order chi connectivity index (χ0) is 28.8. The third-order valence-electron chi connectivity index (χ3n) is 7.02. The van der Waals surface area contributed by atoms with Crippen LogP contribution < -0.4 is 9.47 Å². The number of ether oxygens (including phenoxy) is 3. The normalized spacial score (nSPS) is 12.3. The second-order valence-corrected chi connectivity index (χ2v) is 11.5. The molecule has 0 fully saturated rings. The Labute approximate surface area is 236 Å². The highest BCUT2D eigenvalue weighted by Crippen LogP contribution is 2.39. The van der Waals surface area contributed by atoms with Crippen LogP contribution >= 0.6 is 7.82 Å². The lowest BCUT2D eigenvalue weighted by Crippen LogP contribution is -2.15. The molecule has 1 aromatic carbocycles. The molecule has 8 nitrogen and oxygen atoms in total. The zero-order valence-corrected chi connectivity index (χ0v) is 25.4. The second-order valence-electron chi connectivity index (χ2n) is 10.3. The lowest BCUT2D eigenvalue weighted by molar-refractivity contribution is 0.0923.